The molecule has 0 bridgehead atoms. The van der Waals surface area contributed by atoms with Gasteiger partial charge in [-0.25, -0.2) is 4.79 Å². The maximum Gasteiger partial charge on any atom is 0.333 e. The van der Waals surface area contributed by atoms with Crippen LogP contribution in [0.5, 0.6) is 11.6 Å². The first kappa shape index (κ1) is 15.5. The Morgan fingerprint density at radius 2 is 1.90 bits per heavy atom. The molecule has 0 fully saturated rings. The van der Waals surface area contributed by atoms with E-state index in [1.54, 1.807) is 13.1 Å². The number of halogens is 1. The second-order valence-corrected chi connectivity index (χ2v) is 5.58. The normalized spacial score (nSPS) is 10.7. The topological polar surface area (TPSA) is 79.2 Å². The first-order valence-electron chi connectivity index (χ1n) is 6.29. The van der Waals surface area contributed by atoms with Crippen molar-refractivity contribution in [2.75, 3.05) is 0 Å². The van der Waals surface area contributed by atoms with E-state index in [2.05, 4.69) is 15.9 Å². The standard InChI is InChI=1S/C14H16BrN3O3/c1-8-4-5-11(10(15)6-8)21-13-9(7-16)12(19)17(2)14(20)18(13)3/h4-6H,7,16H2,1-3H3. The molecule has 0 atom stereocenters. The van der Waals surface area contributed by atoms with Gasteiger partial charge in [-0.1, -0.05) is 6.07 Å². The molecular formula is C14H16BrN3O3. The molecule has 1 heterocycles. The zero-order chi connectivity index (χ0) is 15.7. The lowest BCUT2D eigenvalue weighted by molar-refractivity contribution is 0.413. The van der Waals surface area contributed by atoms with Gasteiger partial charge in [-0.2, -0.15) is 0 Å². The van der Waals surface area contributed by atoms with Gasteiger partial charge in [-0.05, 0) is 40.5 Å². The number of nitrogens with two attached hydrogens (primary N) is 1. The number of hydrogen-bond acceptors (Lipinski definition) is 4. The summed E-state index contributed by atoms with van der Waals surface area (Å²) in [6.07, 6.45) is 0. The lowest BCUT2D eigenvalue weighted by atomic mass is 10.2. The number of nitrogens with zero attached hydrogens (tertiary/aromatic N) is 2. The molecule has 0 aliphatic heterocycles. The molecule has 0 aliphatic rings. The molecule has 1 aromatic carbocycles. The van der Waals surface area contributed by atoms with Gasteiger partial charge in [0.1, 0.15) is 5.75 Å². The van der Waals surface area contributed by atoms with E-state index >= 15 is 0 Å². The fourth-order valence-electron chi connectivity index (χ4n) is 1.99. The summed E-state index contributed by atoms with van der Waals surface area (Å²) in [6, 6.07) is 5.53. The number of aryl methyl sites for hydroxylation is 1. The highest BCUT2D eigenvalue weighted by atomic mass is 79.9. The molecule has 6 nitrogen and oxygen atoms in total. The zero-order valence-corrected chi connectivity index (χ0v) is 13.6. The van der Waals surface area contributed by atoms with Crippen LogP contribution in [0.25, 0.3) is 0 Å². The molecule has 0 unspecified atom stereocenters. The number of benzene rings is 1. The van der Waals surface area contributed by atoms with Crippen LogP contribution >= 0.6 is 15.9 Å². The molecule has 0 radical (unpaired) electrons. The summed E-state index contributed by atoms with van der Waals surface area (Å²) in [5, 5.41) is 0. The van der Waals surface area contributed by atoms with Crippen molar-refractivity contribution < 1.29 is 4.74 Å². The van der Waals surface area contributed by atoms with Crippen molar-refractivity contribution >= 4 is 15.9 Å². The van der Waals surface area contributed by atoms with Crippen molar-refractivity contribution in [3.63, 3.8) is 0 Å². The third-order valence-corrected chi connectivity index (χ3v) is 3.82. The first-order valence-corrected chi connectivity index (χ1v) is 7.09. The highest BCUT2D eigenvalue weighted by molar-refractivity contribution is 9.10. The van der Waals surface area contributed by atoms with E-state index in [1.807, 2.05) is 19.1 Å². The Bertz CT molecular complexity index is 808. The summed E-state index contributed by atoms with van der Waals surface area (Å²) in [5.41, 5.74) is 6.04. The predicted molar refractivity (Wildman–Crippen MR) is 83.8 cm³/mol. The Balaban J connectivity index is 2.64. The molecule has 2 N–H and O–H groups in total. The maximum atomic E-state index is 12.1. The number of rotatable bonds is 3. The van der Waals surface area contributed by atoms with Crippen molar-refractivity contribution in [3.05, 3.63) is 54.6 Å². The van der Waals surface area contributed by atoms with Crippen LogP contribution < -0.4 is 21.7 Å². The van der Waals surface area contributed by atoms with Gasteiger partial charge in [0.2, 0.25) is 5.88 Å². The molecule has 0 saturated carbocycles. The van der Waals surface area contributed by atoms with Crippen molar-refractivity contribution in [2.24, 2.45) is 19.8 Å². The summed E-state index contributed by atoms with van der Waals surface area (Å²) in [7, 11) is 2.95. The highest BCUT2D eigenvalue weighted by Crippen LogP contribution is 2.30. The molecule has 7 heteroatoms. The molecule has 0 saturated heterocycles. The lowest BCUT2D eigenvalue weighted by Crippen LogP contribution is -2.40. The minimum atomic E-state index is -0.463. The first-order chi connectivity index (χ1) is 9.86. The van der Waals surface area contributed by atoms with E-state index in [0.717, 1.165) is 14.6 Å². The van der Waals surface area contributed by atoms with Crippen LogP contribution in [0.1, 0.15) is 11.1 Å². The zero-order valence-electron chi connectivity index (χ0n) is 12.0. The number of aromatic nitrogens is 2. The van der Waals surface area contributed by atoms with Gasteiger partial charge < -0.3 is 10.5 Å². The fourth-order valence-corrected chi connectivity index (χ4v) is 2.57. The Morgan fingerprint density at radius 3 is 2.48 bits per heavy atom. The van der Waals surface area contributed by atoms with E-state index in [1.165, 1.54) is 11.6 Å². The van der Waals surface area contributed by atoms with E-state index in [-0.39, 0.29) is 18.0 Å². The number of hydrogen-bond donors (Lipinski definition) is 1. The van der Waals surface area contributed by atoms with Crippen LogP contribution in [0.15, 0.2) is 32.3 Å². The molecule has 21 heavy (non-hydrogen) atoms. The molecule has 2 rings (SSSR count). The fraction of sp³-hybridized carbons (Fsp3) is 0.286. The van der Waals surface area contributed by atoms with Crippen LogP contribution in [0, 0.1) is 6.92 Å². The quantitative estimate of drug-likeness (QED) is 0.904. The van der Waals surface area contributed by atoms with Crippen molar-refractivity contribution in [3.8, 4) is 11.6 Å². The van der Waals surface area contributed by atoms with Gasteiger partial charge in [0.25, 0.3) is 5.56 Å². The van der Waals surface area contributed by atoms with E-state index in [0.29, 0.717) is 5.75 Å². The van der Waals surface area contributed by atoms with E-state index < -0.39 is 11.2 Å². The number of ether oxygens (including phenoxy) is 1. The molecular weight excluding hydrogens is 338 g/mol. The van der Waals surface area contributed by atoms with Gasteiger partial charge in [0.15, 0.2) is 0 Å². The van der Waals surface area contributed by atoms with Crippen LogP contribution in [0.4, 0.5) is 0 Å². The molecule has 0 amide bonds. The predicted octanol–water partition coefficient (Wildman–Crippen LogP) is 1.41. The molecule has 0 spiro atoms. The van der Waals surface area contributed by atoms with Gasteiger partial charge in [0, 0.05) is 20.6 Å². The SMILES string of the molecule is Cc1ccc(Oc2c(CN)c(=O)n(C)c(=O)n2C)c(Br)c1. The van der Waals surface area contributed by atoms with Crippen LogP contribution in [0.2, 0.25) is 0 Å². The minimum Gasteiger partial charge on any atom is -0.439 e. The molecule has 2 aromatic rings. The van der Waals surface area contributed by atoms with E-state index in [4.69, 9.17) is 10.5 Å². The summed E-state index contributed by atoms with van der Waals surface area (Å²) in [6.45, 7) is 1.94. The van der Waals surface area contributed by atoms with Crippen LogP contribution in [-0.2, 0) is 20.6 Å². The van der Waals surface area contributed by atoms with Crippen LogP contribution in [0.3, 0.4) is 0 Å². The third-order valence-electron chi connectivity index (χ3n) is 3.20. The van der Waals surface area contributed by atoms with Gasteiger partial charge in [0.05, 0.1) is 10.0 Å². The summed E-state index contributed by atoms with van der Waals surface area (Å²) in [4.78, 5) is 24.1. The smallest absolute Gasteiger partial charge is 0.333 e. The summed E-state index contributed by atoms with van der Waals surface area (Å²) in [5.74, 6) is 0.675. The Hall–Kier alpha value is -1.86. The van der Waals surface area contributed by atoms with Crippen molar-refractivity contribution in [2.45, 2.75) is 13.5 Å². The highest BCUT2D eigenvalue weighted by Gasteiger charge is 2.17. The second kappa shape index (κ2) is 5.87. The van der Waals surface area contributed by atoms with Crippen LogP contribution in [-0.4, -0.2) is 9.13 Å². The molecule has 112 valence electrons. The average molecular weight is 354 g/mol. The Kier molecular flexibility index (Phi) is 4.34. The van der Waals surface area contributed by atoms with Crippen molar-refractivity contribution in [1.82, 2.24) is 9.13 Å². The molecule has 0 aliphatic carbocycles. The second-order valence-electron chi connectivity index (χ2n) is 4.73. The van der Waals surface area contributed by atoms with Gasteiger partial charge >= 0.3 is 5.69 Å². The van der Waals surface area contributed by atoms with E-state index in [9.17, 15) is 9.59 Å². The largest absolute Gasteiger partial charge is 0.439 e. The monoisotopic (exact) mass is 353 g/mol. The van der Waals surface area contributed by atoms with Crippen molar-refractivity contribution in [1.29, 1.82) is 0 Å². The Morgan fingerprint density at radius 1 is 1.24 bits per heavy atom. The van der Waals surface area contributed by atoms with Gasteiger partial charge in [-0.3, -0.25) is 13.9 Å². The maximum absolute atomic E-state index is 12.1. The van der Waals surface area contributed by atoms with Gasteiger partial charge in [-0.15, -0.1) is 0 Å². The summed E-state index contributed by atoms with van der Waals surface area (Å²) >= 11 is 3.40. The summed E-state index contributed by atoms with van der Waals surface area (Å²) < 4.78 is 8.78. The molecule has 1 aromatic heterocycles. The minimum absolute atomic E-state index is 0.0143. The third kappa shape index (κ3) is 2.79. The Labute approximate surface area is 129 Å². The lowest BCUT2D eigenvalue weighted by Gasteiger charge is -2.15. The average Bonchev–Trinajstić information content (AvgIpc) is 2.45.